The molecule has 0 atom stereocenters. The van der Waals surface area contributed by atoms with Gasteiger partial charge in [0, 0.05) is 30.8 Å². The smallest absolute Gasteiger partial charge is 0.244 e. The summed E-state index contributed by atoms with van der Waals surface area (Å²) in [6.45, 7) is 1.98. The maximum atomic E-state index is 11.2. The van der Waals surface area contributed by atoms with Crippen molar-refractivity contribution in [1.82, 2.24) is 5.16 Å². The molecule has 5 nitrogen and oxygen atoms in total. The molecule has 0 aromatic carbocycles. The van der Waals surface area contributed by atoms with Crippen molar-refractivity contribution in [3.8, 4) is 0 Å². The van der Waals surface area contributed by atoms with E-state index in [1.807, 2.05) is 0 Å². The molecule has 1 rings (SSSR count). The molecule has 1 amide bonds. The summed E-state index contributed by atoms with van der Waals surface area (Å²) in [5.41, 5.74) is 5.20. The van der Waals surface area contributed by atoms with E-state index in [0.29, 0.717) is 5.76 Å². The molecule has 0 fully saturated rings. The molecule has 0 radical (unpaired) electrons. The Kier molecular flexibility index (Phi) is 3.27. The first-order chi connectivity index (χ1) is 6.15. The Labute approximate surface area is 80.5 Å². The number of nitrogens with zero attached hydrogens (tertiary/aromatic N) is 2. The topological polar surface area (TPSA) is 72.4 Å². The van der Waals surface area contributed by atoms with Crippen molar-refractivity contribution < 1.29 is 9.32 Å². The molecule has 0 aliphatic carbocycles. The molecule has 0 bridgehead atoms. The number of rotatable bonds is 3. The van der Waals surface area contributed by atoms with Crippen LogP contribution in [0, 0.1) is 6.92 Å². The first kappa shape index (κ1) is 10.0. The van der Waals surface area contributed by atoms with Crippen LogP contribution in [0.5, 0.6) is 0 Å². The Bertz CT molecular complexity index is 300. The lowest BCUT2D eigenvalue weighted by Crippen LogP contribution is -2.23. The van der Waals surface area contributed by atoms with Crippen LogP contribution in [0.2, 0.25) is 0 Å². The largest absolute Gasteiger partial charge is 0.359 e. The second-order valence-corrected chi connectivity index (χ2v) is 2.85. The van der Waals surface area contributed by atoms with Gasteiger partial charge in [-0.25, -0.2) is 4.42 Å². The van der Waals surface area contributed by atoms with Crippen molar-refractivity contribution in [2.45, 2.75) is 13.3 Å². The third-order valence-electron chi connectivity index (χ3n) is 1.39. The number of hydrogen-bond donors (Lipinski definition) is 1. The highest BCUT2D eigenvalue weighted by atomic mass is 35.5. The third kappa shape index (κ3) is 2.43. The van der Waals surface area contributed by atoms with Gasteiger partial charge in [0.2, 0.25) is 5.91 Å². The molecule has 0 spiro atoms. The molecule has 0 saturated heterocycles. The van der Waals surface area contributed by atoms with E-state index in [9.17, 15) is 4.79 Å². The van der Waals surface area contributed by atoms with Gasteiger partial charge in [0.1, 0.15) is 5.76 Å². The molecule has 0 aliphatic rings. The van der Waals surface area contributed by atoms with Crippen LogP contribution >= 0.6 is 11.8 Å². The van der Waals surface area contributed by atoms with E-state index in [1.54, 1.807) is 13.0 Å². The summed E-state index contributed by atoms with van der Waals surface area (Å²) >= 11 is 5.65. The summed E-state index contributed by atoms with van der Waals surface area (Å²) in [6, 6.07) is 1.57. The Morgan fingerprint density at radius 2 is 2.54 bits per heavy atom. The molecule has 0 unspecified atom stereocenters. The number of anilines is 1. The van der Waals surface area contributed by atoms with E-state index in [1.165, 1.54) is 0 Å². The minimum Gasteiger partial charge on any atom is -0.359 e. The van der Waals surface area contributed by atoms with Crippen LogP contribution in [0.1, 0.15) is 12.2 Å². The molecular weight excluding hydrogens is 194 g/mol. The SMILES string of the molecule is Cc1cc(N(Cl)C(=O)CCN)no1. The van der Waals surface area contributed by atoms with Gasteiger partial charge in [-0.05, 0) is 6.92 Å². The summed E-state index contributed by atoms with van der Waals surface area (Å²) in [7, 11) is 0. The highest BCUT2D eigenvalue weighted by Crippen LogP contribution is 2.16. The predicted molar refractivity (Wildman–Crippen MR) is 48.3 cm³/mol. The fourth-order valence-electron chi connectivity index (χ4n) is 0.795. The van der Waals surface area contributed by atoms with E-state index >= 15 is 0 Å². The van der Waals surface area contributed by atoms with Gasteiger partial charge in [-0.1, -0.05) is 5.16 Å². The molecule has 0 aliphatic heterocycles. The highest BCUT2D eigenvalue weighted by Gasteiger charge is 2.15. The first-order valence-electron chi connectivity index (χ1n) is 3.77. The van der Waals surface area contributed by atoms with Crippen LogP contribution in [0.15, 0.2) is 10.6 Å². The maximum Gasteiger partial charge on any atom is 0.244 e. The van der Waals surface area contributed by atoms with Crippen LogP contribution in [0.4, 0.5) is 5.82 Å². The monoisotopic (exact) mass is 203 g/mol. The zero-order chi connectivity index (χ0) is 9.84. The second-order valence-electron chi connectivity index (χ2n) is 2.51. The number of aromatic nitrogens is 1. The molecule has 72 valence electrons. The lowest BCUT2D eigenvalue weighted by atomic mass is 10.4. The van der Waals surface area contributed by atoms with E-state index < -0.39 is 0 Å². The van der Waals surface area contributed by atoms with Crippen LogP contribution in [0.3, 0.4) is 0 Å². The second kappa shape index (κ2) is 4.25. The predicted octanol–water partition coefficient (Wildman–Crippen LogP) is 0.819. The van der Waals surface area contributed by atoms with Crippen LogP contribution in [0.25, 0.3) is 0 Å². The molecular formula is C7H10ClN3O2. The zero-order valence-corrected chi connectivity index (χ0v) is 7.91. The molecule has 1 aromatic heterocycles. The van der Waals surface area contributed by atoms with Gasteiger partial charge in [0.05, 0.1) is 0 Å². The highest BCUT2D eigenvalue weighted by molar-refractivity contribution is 6.36. The third-order valence-corrected chi connectivity index (χ3v) is 1.76. The number of carbonyl (C=O) groups excluding carboxylic acids is 1. The fraction of sp³-hybridized carbons (Fsp3) is 0.429. The van der Waals surface area contributed by atoms with Crippen molar-refractivity contribution in [3.63, 3.8) is 0 Å². The fourth-order valence-corrected chi connectivity index (χ4v) is 0.959. The standard InChI is InChI=1S/C7H10ClN3O2/c1-5-4-6(10-13-5)11(8)7(12)2-3-9/h4H,2-3,9H2,1H3. The summed E-state index contributed by atoms with van der Waals surface area (Å²) in [6.07, 6.45) is 0.190. The van der Waals surface area contributed by atoms with Crippen molar-refractivity contribution in [2.24, 2.45) is 5.73 Å². The Morgan fingerprint density at radius 3 is 3.00 bits per heavy atom. The summed E-state index contributed by atoms with van der Waals surface area (Å²) in [5, 5.41) is 3.58. The van der Waals surface area contributed by atoms with Crippen molar-refractivity contribution in [3.05, 3.63) is 11.8 Å². The van der Waals surface area contributed by atoms with Gasteiger partial charge < -0.3 is 10.3 Å². The Balaban J connectivity index is 2.67. The number of halogens is 1. The number of aryl methyl sites for hydroxylation is 1. The van der Waals surface area contributed by atoms with Crippen LogP contribution < -0.4 is 10.2 Å². The molecule has 6 heteroatoms. The van der Waals surface area contributed by atoms with Crippen molar-refractivity contribution >= 4 is 23.5 Å². The number of hydrogen-bond acceptors (Lipinski definition) is 4. The normalized spacial score (nSPS) is 10.1. The summed E-state index contributed by atoms with van der Waals surface area (Å²) in [5.74, 6) is 0.594. The Morgan fingerprint density at radius 1 is 1.85 bits per heavy atom. The van der Waals surface area contributed by atoms with Gasteiger partial charge in [-0.15, -0.1) is 0 Å². The van der Waals surface area contributed by atoms with Crippen molar-refractivity contribution in [2.75, 3.05) is 11.0 Å². The minimum absolute atomic E-state index is 0.190. The average Bonchev–Trinajstić information content (AvgIpc) is 2.51. The first-order valence-corrected chi connectivity index (χ1v) is 4.11. The summed E-state index contributed by atoms with van der Waals surface area (Å²) < 4.78 is 5.66. The number of nitrogens with two attached hydrogens (primary N) is 1. The van der Waals surface area contributed by atoms with E-state index in [4.69, 9.17) is 22.0 Å². The zero-order valence-electron chi connectivity index (χ0n) is 7.16. The van der Waals surface area contributed by atoms with Crippen LogP contribution in [-0.4, -0.2) is 17.6 Å². The van der Waals surface area contributed by atoms with Gasteiger partial charge in [0.15, 0.2) is 5.82 Å². The molecule has 13 heavy (non-hydrogen) atoms. The maximum absolute atomic E-state index is 11.2. The van der Waals surface area contributed by atoms with Gasteiger partial charge in [-0.2, -0.15) is 0 Å². The number of carbonyl (C=O) groups is 1. The Hall–Kier alpha value is -1.07. The summed E-state index contributed by atoms with van der Waals surface area (Å²) in [4.78, 5) is 11.2. The van der Waals surface area contributed by atoms with E-state index in [2.05, 4.69) is 5.16 Å². The average molecular weight is 204 g/mol. The van der Waals surface area contributed by atoms with E-state index in [0.717, 1.165) is 4.42 Å². The number of amides is 1. The van der Waals surface area contributed by atoms with Gasteiger partial charge in [0.25, 0.3) is 0 Å². The molecule has 0 saturated carbocycles. The molecule has 1 aromatic rings. The van der Waals surface area contributed by atoms with E-state index in [-0.39, 0.29) is 24.7 Å². The minimum atomic E-state index is -0.294. The lowest BCUT2D eigenvalue weighted by Gasteiger charge is -2.07. The van der Waals surface area contributed by atoms with Crippen molar-refractivity contribution in [1.29, 1.82) is 0 Å². The van der Waals surface area contributed by atoms with Gasteiger partial charge in [-0.3, -0.25) is 4.79 Å². The van der Waals surface area contributed by atoms with Crippen LogP contribution in [-0.2, 0) is 4.79 Å². The molecule has 1 heterocycles. The quantitative estimate of drug-likeness (QED) is 0.739. The van der Waals surface area contributed by atoms with Gasteiger partial charge >= 0.3 is 0 Å². The molecule has 2 N–H and O–H groups in total. The lowest BCUT2D eigenvalue weighted by molar-refractivity contribution is -0.117.